The summed E-state index contributed by atoms with van der Waals surface area (Å²) >= 11 is 3.17. The van der Waals surface area contributed by atoms with E-state index in [1.54, 1.807) is 18.2 Å². The molecular weight excluding hydrogens is 272 g/mol. The number of nitrogens with one attached hydrogen (secondary N) is 1. The molecule has 4 N–H and O–H groups in total. The molecule has 1 aromatic carbocycles. The van der Waals surface area contributed by atoms with Crippen molar-refractivity contribution in [3.63, 3.8) is 0 Å². The van der Waals surface area contributed by atoms with Crippen LogP contribution in [0.4, 0.5) is 5.69 Å². The van der Waals surface area contributed by atoms with E-state index in [4.69, 9.17) is 5.73 Å². The van der Waals surface area contributed by atoms with Crippen LogP contribution in [-0.2, 0) is 4.79 Å². The highest BCUT2D eigenvalue weighted by Gasteiger charge is 2.14. The topological polar surface area (TPSA) is 75.4 Å². The second-order valence-electron chi connectivity index (χ2n) is 3.52. The molecule has 16 heavy (non-hydrogen) atoms. The molecule has 0 spiro atoms. The van der Waals surface area contributed by atoms with Gasteiger partial charge >= 0.3 is 0 Å². The number of carbonyl (C=O) groups is 1. The van der Waals surface area contributed by atoms with Crippen LogP contribution in [0.5, 0.6) is 5.75 Å². The van der Waals surface area contributed by atoms with Crippen LogP contribution in [0.15, 0.2) is 22.7 Å². The van der Waals surface area contributed by atoms with Crippen molar-refractivity contribution in [2.75, 3.05) is 5.32 Å². The second kappa shape index (κ2) is 5.86. The zero-order chi connectivity index (χ0) is 12.1. The van der Waals surface area contributed by atoms with Crippen molar-refractivity contribution in [1.29, 1.82) is 0 Å². The van der Waals surface area contributed by atoms with E-state index in [1.165, 1.54) is 0 Å². The van der Waals surface area contributed by atoms with Crippen LogP contribution >= 0.6 is 15.9 Å². The smallest absolute Gasteiger partial charge is 0.241 e. The van der Waals surface area contributed by atoms with Crippen molar-refractivity contribution in [1.82, 2.24) is 0 Å². The van der Waals surface area contributed by atoms with Crippen molar-refractivity contribution in [2.45, 2.75) is 25.8 Å². The predicted octanol–water partition coefficient (Wildman–Crippen LogP) is 2.22. The van der Waals surface area contributed by atoms with Crippen LogP contribution in [0.1, 0.15) is 19.8 Å². The number of hydrogen-bond acceptors (Lipinski definition) is 3. The number of rotatable bonds is 4. The average molecular weight is 287 g/mol. The molecule has 0 saturated heterocycles. The zero-order valence-electron chi connectivity index (χ0n) is 9.03. The molecule has 0 fully saturated rings. The predicted molar refractivity (Wildman–Crippen MR) is 67.3 cm³/mol. The van der Waals surface area contributed by atoms with E-state index in [2.05, 4.69) is 21.2 Å². The Morgan fingerprint density at radius 1 is 1.62 bits per heavy atom. The number of phenolic OH excluding ortho intramolecular Hbond substituents is 1. The van der Waals surface area contributed by atoms with Crippen molar-refractivity contribution in [2.24, 2.45) is 5.73 Å². The molecule has 0 unspecified atom stereocenters. The molecule has 5 heteroatoms. The summed E-state index contributed by atoms with van der Waals surface area (Å²) < 4.78 is 0.536. The Bertz CT molecular complexity index is 382. The summed E-state index contributed by atoms with van der Waals surface area (Å²) in [6.45, 7) is 1.96. The molecule has 0 saturated carbocycles. The lowest BCUT2D eigenvalue weighted by molar-refractivity contribution is -0.117. The van der Waals surface area contributed by atoms with Crippen LogP contribution in [0.2, 0.25) is 0 Å². The minimum atomic E-state index is -0.539. The fourth-order valence-electron chi connectivity index (χ4n) is 1.28. The summed E-state index contributed by atoms with van der Waals surface area (Å²) in [5.74, 6) is -0.269. The summed E-state index contributed by atoms with van der Waals surface area (Å²) in [6, 6.07) is 4.50. The van der Waals surface area contributed by atoms with E-state index >= 15 is 0 Å². The maximum Gasteiger partial charge on any atom is 0.241 e. The van der Waals surface area contributed by atoms with Gasteiger partial charge in [-0.2, -0.15) is 0 Å². The second-order valence-corrected chi connectivity index (χ2v) is 4.37. The van der Waals surface area contributed by atoms with E-state index in [1.807, 2.05) is 6.92 Å². The van der Waals surface area contributed by atoms with Crippen LogP contribution in [0.3, 0.4) is 0 Å². The standard InChI is InChI=1S/C11H15BrN2O2/c1-2-4-8(13)11(16)14-9-6-3-5-7(12)10(9)15/h3,5-6,8,15H,2,4,13H2,1H3,(H,14,16)/t8-/m1/s1. The van der Waals surface area contributed by atoms with E-state index in [9.17, 15) is 9.90 Å². The third-order valence-electron chi connectivity index (χ3n) is 2.18. The minimum absolute atomic E-state index is 0.0135. The largest absolute Gasteiger partial charge is 0.505 e. The van der Waals surface area contributed by atoms with Crippen LogP contribution in [0, 0.1) is 0 Å². The number of para-hydroxylation sites is 1. The average Bonchev–Trinajstić information content (AvgIpc) is 2.25. The molecule has 0 aliphatic heterocycles. The number of nitrogens with two attached hydrogens (primary N) is 1. The zero-order valence-corrected chi connectivity index (χ0v) is 10.6. The molecule has 0 aromatic heterocycles. The molecule has 1 aromatic rings. The first kappa shape index (κ1) is 13.0. The fourth-order valence-corrected chi connectivity index (χ4v) is 1.65. The molecule has 0 aliphatic rings. The van der Waals surface area contributed by atoms with Gasteiger partial charge in [-0.1, -0.05) is 19.4 Å². The van der Waals surface area contributed by atoms with Gasteiger partial charge in [-0.15, -0.1) is 0 Å². The summed E-state index contributed by atoms with van der Waals surface area (Å²) in [7, 11) is 0. The number of anilines is 1. The van der Waals surface area contributed by atoms with Gasteiger partial charge in [-0.05, 0) is 34.5 Å². The van der Waals surface area contributed by atoms with Crippen molar-refractivity contribution in [3.05, 3.63) is 22.7 Å². The molecule has 1 rings (SSSR count). The first-order valence-electron chi connectivity index (χ1n) is 5.10. The van der Waals surface area contributed by atoms with E-state index in [0.29, 0.717) is 16.6 Å². The summed E-state index contributed by atoms with van der Waals surface area (Å²) in [6.07, 6.45) is 1.47. The van der Waals surface area contributed by atoms with Crippen molar-refractivity contribution < 1.29 is 9.90 Å². The van der Waals surface area contributed by atoms with Crippen LogP contribution in [0.25, 0.3) is 0 Å². The highest BCUT2D eigenvalue weighted by atomic mass is 79.9. The van der Waals surface area contributed by atoms with Gasteiger partial charge in [0.1, 0.15) is 0 Å². The number of benzene rings is 1. The molecule has 0 aliphatic carbocycles. The molecule has 88 valence electrons. The number of hydrogen-bond donors (Lipinski definition) is 3. The number of carbonyl (C=O) groups excluding carboxylic acids is 1. The Morgan fingerprint density at radius 3 is 2.94 bits per heavy atom. The van der Waals surface area contributed by atoms with Crippen LogP contribution < -0.4 is 11.1 Å². The monoisotopic (exact) mass is 286 g/mol. The lowest BCUT2D eigenvalue weighted by atomic mass is 10.1. The molecule has 1 atom stereocenters. The molecule has 0 radical (unpaired) electrons. The van der Waals surface area contributed by atoms with Gasteiger partial charge < -0.3 is 16.2 Å². The molecule has 0 heterocycles. The molecule has 1 amide bonds. The van der Waals surface area contributed by atoms with Gasteiger partial charge in [0, 0.05) is 0 Å². The number of aromatic hydroxyl groups is 1. The van der Waals surface area contributed by atoms with Gasteiger partial charge in [0.15, 0.2) is 5.75 Å². The Balaban J connectivity index is 2.73. The summed E-state index contributed by atoms with van der Waals surface area (Å²) in [5, 5.41) is 12.2. The van der Waals surface area contributed by atoms with Gasteiger partial charge in [0.25, 0.3) is 0 Å². The third-order valence-corrected chi connectivity index (χ3v) is 2.82. The van der Waals surface area contributed by atoms with Gasteiger partial charge in [-0.25, -0.2) is 0 Å². The lowest BCUT2D eigenvalue weighted by Crippen LogP contribution is -2.35. The van der Waals surface area contributed by atoms with E-state index in [-0.39, 0.29) is 11.7 Å². The van der Waals surface area contributed by atoms with E-state index < -0.39 is 6.04 Å². The third kappa shape index (κ3) is 3.21. The lowest BCUT2D eigenvalue weighted by Gasteiger charge is -2.12. The Labute approximate surface area is 103 Å². The molecule has 4 nitrogen and oxygen atoms in total. The number of phenols is 1. The van der Waals surface area contributed by atoms with Crippen LogP contribution in [-0.4, -0.2) is 17.1 Å². The van der Waals surface area contributed by atoms with Gasteiger partial charge in [-0.3, -0.25) is 4.79 Å². The highest BCUT2D eigenvalue weighted by molar-refractivity contribution is 9.10. The van der Waals surface area contributed by atoms with E-state index in [0.717, 1.165) is 6.42 Å². The number of halogens is 1. The first-order valence-corrected chi connectivity index (χ1v) is 5.89. The van der Waals surface area contributed by atoms with Gasteiger partial charge in [0.05, 0.1) is 16.2 Å². The minimum Gasteiger partial charge on any atom is -0.505 e. The summed E-state index contributed by atoms with van der Waals surface area (Å²) in [4.78, 5) is 11.6. The maximum atomic E-state index is 11.6. The maximum absolute atomic E-state index is 11.6. The quantitative estimate of drug-likeness (QED) is 0.743. The molecule has 0 bridgehead atoms. The Kier molecular flexibility index (Phi) is 4.76. The van der Waals surface area contributed by atoms with Gasteiger partial charge in [0.2, 0.25) is 5.91 Å². The summed E-state index contributed by atoms with van der Waals surface area (Å²) in [5.41, 5.74) is 6.02. The SMILES string of the molecule is CCC[C@@H](N)C(=O)Nc1cccc(Br)c1O. The van der Waals surface area contributed by atoms with Crippen molar-refractivity contribution in [3.8, 4) is 5.75 Å². The molecular formula is C11H15BrN2O2. The first-order chi connectivity index (χ1) is 7.56. The Hall–Kier alpha value is -1.07. The fraction of sp³-hybridized carbons (Fsp3) is 0.364. The number of amides is 1. The Morgan fingerprint density at radius 2 is 2.31 bits per heavy atom. The normalized spacial score (nSPS) is 12.2. The highest BCUT2D eigenvalue weighted by Crippen LogP contribution is 2.31. The van der Waals surface area contributed by atoms with Crippen molar-refractivity contribution >= 4 is 27.5 Å².